The first-order chi connectivity index (χ1) is 13.1. The number of rotatable bonds is 8. The van der Waals surface area contributed by atoms with Gasteiger partial charge in [-0.2, -0.15) is 8.62 Å². The first-order valence-electron chi connectivity index (χ1n) is 7.43. The number of aliphatic hydroxyl groups is 1. The molecule has 0 saturated carbocycles. The first-order valence-corrected chi connectivity index (χ1v) is 12.0. The van der Waals surface area contributed by atoms with Gasteiger partial charge in [-0.15, -0.1) is 0 Å². The van der Waals surface area contributed by atoms with Crippen LogP contribution in [0.3, 0.4) is 0 Å². The highest BCUT2D eigenvalue weighted by molar-refractivity contribution is 7.66. The molecule has 1 aromatic rings. The monoisotopic (exact) mass is 483 g/mol. The van der Waals surface area contributed by atoms with E-state index in [1.165, 1.54) is 6.92 Å². The number of phosphoric acid groups is 3. The summed E-state index contributed by atoms with van der Waals surface area (Å²) in [6, 6.07) is 0. The van der Waals surface area contributed by atoms with E-state index in [1.807, 2.05) is 0 Å². The van der Waals surface area contributed by atoms with Crippen molar-refractivity contribution in [2.24, 2.45) is 0 Å². The van der Waals surface area contributed by atoms with Crippen LogP contribution in [0.25, 0.3) is 0 Å². The zero-order valence-electron chi connectivity index (χ0n) is 14.3. The molecular weight excluding hydrogens is 467 g/mol. The van der Waals surface area contributed by atoms with Gasteiger partial charge in [0.1, 0.15) is 12.3 Å². The van der Waals surface area contributed by atoms with E-state index in [4.69, 9.17) is 19.4 Å². The Morgan fingerprint density at radius 1 is 1.14 bits per heavy atom. The molecule has 19 heteroatoms. The molecule has 1 aliphatic heterocycles. The van der Waals surface area contributed by atoms with Gasteiger partial charge in [-0.1, -0.05) is 0 Å². The zero-order valence-corrected chi connectivity index (χ0v) is 17.0. The van der Waals surface area contributed by atoms with Crippen molar-refractivity contribution in [3.05, 3.63) is 32.7 Å². The molecule has 0 spiro atoms. The molecular formula is C10H16NO15P3. The van der Waals surface area contributed by atoms with Crippen molar-refractivity contribution in [1.82, 2.24) is 4.57 Å². The van der Waals surface area contributed by atoms with Crippen LogP contribution in [0.2, 0.25) is 0 Å². The molecule has 1 fully saturated rings. The van der Waals surface area contributed by atoms with E-state index in [0.29, 0.717) is 0 Å². The van der Waals surface area contributed by atoms with Gasteiger partial charge in [0, 0.05) is 12.6 Å². The number of aryl methyl sites for hydroxylation is 1. The maximum atomic E-state index is 11.7. The molecule has 29 heavy (non-hydrogen) atoms. The SMILES string of the molecule is Cc1cn([C@@H]2C[C@@H](O)[C@H](COP(=O)(O)OP(=O)(O)OP(=O)(O)O)O2)c(=O)oc1=O. The molecule has 2 rings (SSSR count). The highest BCUT2D eigenvalue weighted by atomic mass is 31.3. The Kier molecular flexibility index (Phi) is 7.23. The lowest BCUT2D eigenvalue weighted by atomic mass is 10.2. The zero-order chi connectivity index (χ0) is 22.2. The topological polar surface area (TPSA) is 241 Å². The summed E-state index contributed by atoms with van der Waals surface area (Å²) in [5.41, 5.74) is -0.798. The average Bonchev–Trinajstić information content (AvgIpc) is 2.86. The van der Waals surface area contributed by atoms with Crippen molar-refractivity contribution in [2.45, 2.75) is 31.8 Å². The lowest BCUT2D eigenvalue weighted by Crippen LogP contribution is -2.29. The number of aliphatic hydroxyl groups excluding tert-OH is 1. The van der Waals surface area contributed by atoms with Gasteiger partial charge in [0.05, 0.1) is 18.3 Å². The Balaban J connectivity index is 2.03. The molecule has 16 nitrogen and oxygen atoms in total. The van der Waals surface area contributed by atoms with Crippen LogP contribution in [-0.4, -0.2) is 48.1 Å². The summed E-state index contributed by atoms with van der Waals surface area (Å²) in [6.07, 6.45) is -2.89. The van der Waals surface area contributed by atoms with E-state index < -0.39 is 59.9 Å². The van der Waals surface area contributed by atoms with Crippen molar-refractivity contribution in [3.8, 4) is 0 Å². The molecule has 5 N–H and O–H groups in total. The molecule has 2 heterocycles. The summed E-state index contributed by atoms with van der Waals surface area (Å²) < 4.78 is 55.5. The van der Waals surface area contributed by atoms with Crippen LogP contribution in [-0.2, 0) is 31.6 Å². The third-order valence-electron chi connectivity index (χ3n) is 3.38. The average molecular weight is 483 g/mol. The van der Waals surface area contributed by atoms with Crippen LogP contribution in [0.1, 0.15) is 18.2 Å². The molecule has 166 valence electrons. The fraction of sp³-hybridized carbons (Fsp3) is 0.600. The summed E-state index contributed by atoms with van der Waals surface area (Å²) in [5.74, 6) is -1.08. The van der Waals surface area contributed by atoms with Crippen LogP contribution >= 0.6 is 23.5 Å². The maximum absolute atomic E-state index is 11.7. The van der Waals surface area contributed by atoms with E-state index >= 15 is 0 Å². The highest BCUT2D eigenvalue weighted by Crippen LogP contribution is 2.66. The van der Waals surface area contributed by atoms with Crippen molar-refractivity contribution < 1.29 is 60.7 Å². The van der Waals surface area contributed by atoms with E-state index in [0.717, 1.165) is 10.8 Å². The molecule has 1 saturated heterocycles. The molecule has 5 atom stereocenters. The van der Waals surface area contributed by atoms with Crippen LogP contribution in [0.4, 0.5) is 0 Å². The minimum Gasteiger partial charge on any atom is -0.390 e. The van der Waals surface area contributed by atoms with Gasteiger partial charge >= 0.3 is 34.8 Å². The first kappa shape index (κ1) is 24.3. The van der Waals surface area contributed by atoms with E-state index in [9.17, 15) is 33.3 Å². The lowest BCUT2D eigenvalue weighted by molar-refractivity contribution is -0.0470. The molecule has 0 aromatic carbocycles. The van der Waals surface area contributed by atoms with Crippen molar-refractivity contribution in [1.29, 1.82) is 0 Å². The number of phosphoric ester groups is 1. The number of nitrogens with zero attached hydrogens (tertiary/aromatic N) is 1. The Hall–Kier alpha value is -0.990. The Morgan fingerprint density at radius 3 is 2.34 bits per heavy atom. The van der Waals surface area contributed by atoms with Crippen LogP contribution in [0, 0.1) is 6.92 Å². The van der Waals surface area contributed by atoms with Gasteiger partial charge in [-0.05, 0) is 6.92 Å². The predicted molar refractivity (Wildman–Crippen MR) is 88.3 cm³/mol. The summed E-state index contributed by atoms with van der Waals surface area (Å²) in [7, 11) is -16.6. The minimum atomic E-state index is -5.68. The minimum absolute atomic E-state index is 0.0689. The second-order valence-electron chi connectivity index (χ2n) is 5.69. The van der Waals surface area contributed by atoms with Gasteiger partial charge in [0.25, 0.3) is 0 Å². The van der Waals surface area contributed by atoms with E-state index in [1.54, 1.807) is 0 Å². The van der Waals surface area contributed by atoms with Gasteiger partial charge in [0.2, 0.25) is 0 Å². The van der Waals surface area contributed by atoms with Crippen LogP contribution < -0.4 is 11.4 Å². The number of aromatic nitrogens is 1. The standard InChI is InChI=1S/C10H16NO15P3/c1-5-3-11(10(14)24-9(5)13)8-2-6(12)7(23-8)4-22-28(18,19)26-29(20,21)25-27(15,16)17/h3,6-8,12H,2,4H2,1H3,(H,18,19)(H,20,21)(H2,15,16,17)/t6-,7+,8+/m1/s1. The summed E-state index contributed by atoms with van der Waals surface area (Å²) >= 11 is 0. The summed E-state index contributed by atoms with van der Waals surface area (Å²) in [5, 5.41) is 9.96. The van der Waals surface area contributed by atoms with Gasteiger partial charge in [-0.25, -0.2) is 23.3 Å². The maximum Gasteiger partial charge on any atom is 0.490 e. The summed E-state index contributed by atoms with van der Waals surface area (Å²) in [4.78, 5) is 58.3. The van der Waals surface area contributed by atoms with E-state index in [-0.39, 0.29) is 12.0 Å². The number of hydrogen-bond donors (Lipinski definition) is 5. The normalized spacial score (nSPS) is 26.8. The summed E-state index contributed by atoms with van der Waals surface area (Å²) in [6.45, 7) is 0.464. The lowest BCUT2D eigenvalue weighted by Gasteiger charge is -2.19. The Labute approximate surface area is 160 Å². The molecule has 1 aliphatic rings. The number of hydrogen-bond acceptors (Lipinski definition) is 11. The van der Waals surface area contributed by atoms with Gasteiger partial charge in [-0.3, -0.25) is 9.09 Å². The van der Waals surface area contributed by atoms with Crippen molar-refractivity contribution >= 4 is 23.5 Å². The molecule has 0 aliphatic carbocycles. The Bertz CT molecular complexity index is 1010. The van der Waals surface area contributed by atoms with Crippen molar-refractivity contribution in [3.63, 3.8) is 0 Å². The second kappa shape index (κ2) is 8.63. The van der Waals surface area contributed by atoms with Crippen molar-refractivity contribution in [2.75, 3.05) is 6.61 Å². The van der Waals surface area contributed by atoms with Gasteiger partial charge < -0.3 is 33.8 Å². The van der Waals surface area contributed by atoms with Gasteiger partial charge in [0.15, 0.2) is 0 Å². The molecule has 2 unspecified atom stereocenters. The largest absolute Gasteiger partial charge is 0.490 e. The molecule has 1 aromatic heterocycles. The Morgan fingerprint density at radius 2 is 1.76 bits per heavy atom. The van der Waals surface area contributed by atoms with E-state index in [2.05, 4.69) is 17.6 Å². The van der Waals surface area contributed by atoms with Crippen LogP contribution in [0.5, 0.6) is 0 Å². The third kappa shape index (κ3) is 7.03. The fourth-order valence-corrected chi connectivity index (χ4v) is 5.26. The highest BCUT2D eigenvalue weighted by Gasteiger charge is 2.43. The predicted octanol–water partition coefficient (Wildman–Crippen LogP) is -0.898. The number of ether oxygens (including phenoxy) is 1. The molecule has 0 bridgehead atoms. The third-order valence-corrected chi connectivity index (χ3v) is 7.18. The molecule has 0 amide bonds. The smallest absolute Gasteiger partial charge is 0.390 e. The quantitative estimate of drug-likeness (QED) is 0.281. The second-order valence-corrected chi connectivity index (χ2v) is 10.1. The molecule has 0 radical (unpaired) electrons. The van der Waals surface area contributed by atoms with Crippen LogP contribution in [0.15, 0.2) is 20.2 Å². The fourth-order valence-electron chi connectivity index (χ4n) is 2.23.